The first kappa shape index (κ1) is 22.4. The van der Waals surface area contributed by atoms with Gasteiger partial charge in [0.2, 0.25) is 17.6 Å². The average Bonchev–Trinajstić information content (AvgIpc) is 3.23. The van der Waals surface area contributed by atoms with Gasteiger partial charge in [-0.3, -0.25) is 9.59 Å². The van der Waals surface area contributed by atoms with E-state index in [9.17, 15) is 14.0 Å². The monoisotopic (exact) mass is 445 g/mol. The van der Waals surface area contributed by atoms with Crippen LogP contribution in [0, 0.1) is 12.7 Å². The predicted octanol–water partition coefficient (Wildman–Crippen LogP) is 4.19. The molecule has 7 nitrogen and oxygen atoms in total. The molecule has 1 unspecified atom stereocenters. The Bertz CT molecular complexity index is 1070. The summed E-state index contributed by atoms with van der Waals surface area (Å²) < 4.78 is 23.6. The van der Waals surface area contributed by atoms with Gasteiger partial charge in [0.25, 0.3) is 0 Å². The summed E-state index contributed by atoms with van der Waals surface area (Å²) in [4.78, 5) is 28.4. The Morgan fingerprint density at radius 1 is 1.23 bits per heavy atom. The number of aryl methyl sites for hydroxylation is 2. The van der Waals surface area contributed by atoms with Gasteiger partial charge in [0.15, 0.2) is 0 Å². The van der Waals surface area contributed by atoms with Crippen molar-refractivity contribution in [2.75, 3.05) is 7.11 Å². The number of esters is 1. The van der Waals surface area contributed by atoms with E-state index in [1.54, 1.807) is 43.3 Å². The molecule has 0 spiro atoms. The standard InChI is InChI=1S/C22H21ClFN3O4/c1-13-3-4-15(11-17(13)24)22-26-20(31-27-22)10-9-19(28)25-18(12-21(29)30-2)14-5-7-16(23)8-6-14/h3-8,11,18H,9-10,12H2,1-2H3,(H,25,28). The summed E-state index contributed by atoms with van der Waals surface area (Å²) in [7, 11) is 1.29. The second-order valence-electron chi connectivity index (χ2n) is 6.93. The Morgan fingerprint density at radius 2 is 1.97 bits per heavy atom. The number of nitrogens with one attached hydrogen (secondary N) is 1. The van der Waals surface area contributed by atoms with E-state index in [1.165, 1.54) is 13.2 Å². The lowest BCUT2D eigenvalue weighted by molar-refractivity contribution is -0.141. The first-order valence-corrected chi connectivity index (χ1v) is 9.94. The first-order valence-electron chi connectivity index (χ1n) is 9.56. The molecule has 0 aliphatic heterocycles. The van der Waals surface area contributed by atoms with Gasteiger partial charge in [-0.1, -0.05) is 41.0 Å². The van der Waals surface area contributed by atoms with Gasteiger partial charge in [0, 0.05) is 23.4 Å². The van der Waals surface area contributed by atoms with Crippen molar-refractivity contribution in [2.45, 2.75) is 32.2 Å². The summed E-state index contributed by atoms with van der Waals surface area (Å²) in [6.07, 6.45) is 0.238. The molecule has 1 amide bonds. The van der Waals surface area contributed by atoms with Crippen LogP contribution < -0.4 is 5.32 Å². The molecule has 2 aromatic carbocycles. The molecule has 31 heavy (non-hydrogen) atoms. The van der Waals surface area contributed by atoms with Gasteiger partial charge in [0.05, 0.1) is 19.6 Å². The molecule has 3 rings (SSSR count). The third kappa shape index (κ3) is 6.11. The van der Waals surface area contributed by atoms with E-state index in [1.807, 2.05) is 0 Å². The average molecular weight is 446 g/mol. The minimum absolute atomic E-state index is 0.0203. The predicted molar refractivity (Wildman–Crippen MR) is 112 cm³/mol. The van der Waals surface area contributed by atoms with Crippen LogP contribution in [0.4, 0.5) is 4.39 Å². The third-order valence-electron chi connectivity index (χ3n) is 4.67. The van der Waals surface area contributed by atoms with Crippen LogP contribution in [-0.4, -0.2) is 29.1 Å². The number of halogens is 2. The van der Waals surface area contributed by atoms with E-state index in [4.69, 9.17) is 20.9 Å². The highest BCUT2D eigenvalue weighted by Crippen LogP contribution is 2.21. The van der Waals surface area contributed by atoms with Gasteiger partial charge in [-0.05, 0) is 36.2 Å². The second-order valence-corrected chi connectivity index (χ2v) is 7.36. The number of methoxy groups -OCH3 is 1. The smallest absolute Gasteiger partial charge is 0.307 e. The van der Waals surface area contributed by atoms with Crippen LogP contribution >= 0.6 is 11.6 Å². The zero-order valence-electron chi connectivity index (χ0n) is 17.0. The fourth-order valence-electron chi connectivity index (χ4n) is 2.89. The zero-order chi connectivity index (χ0) is 22.4. The Morgan fingerprint density at radius 3 is 2.65 bits per heavy atom. The van der Waals surface area contributed by atoms with Crippen LogP contribution in [-0.2, 0) is 20.7 Å². The van der Waals surface area contributed by atoms with Gasteiger partial charge >= 0.3 is 5.97 Å². The molecular formula is C22H21ClFN3O4. The molecule has 0 aliphatic carbocycles. The van der Waals surface area contributed by atoms with E-state index < -0.39 is 12.0 Å². The molecule has 0 saturated heterocycles. The molecule has 1 aromatic heterocycles. The number of hydrogen-bond donors (Lipinski definition) is 1. The fourth-order valence-corrected chi connectivity index (χ4v) is 3.02. The van der Waals surface area contributed by atoms with Crippen molar-refractivity contribution in [2.24, 2.45) is 0 Å². The molecule has 1 heterocycles. The fraction of sp³-hybridized carbons (Fsp3) is 0.273. The van der Waals surface area contributed by atoms with Crippen LogP contribution in [0.2, 0.25) is 5.02 Å². The summed E-state index contributed by atoms with van der Waals surface area (Å²) in [5.74, 6) is -0.611. The van der Waals surface area contributed by atoms with E-state index >= 15 is 0 Å². The highest BCUT2D eigenvalue weighted by atomic mass is 35.5. The summed E-state index contributed by atoms with van der Waals surface area (Å²) in [6.45, 7) is 1.66. The number of carbonyl (C=O) groups excluding carboxylic acids is 2. The number of rotatable bonds is 8. The van der Waals surface area contributed by atoms with Crippen LogP contribution in [0.25, 0.3) is 11.4 Å². The molecule has 162 valence electrons. The highest BCUT2D eigenvalue weighted by molar-refractivity contribution is 6.30. The Hall–Kier alpha value is -3.26. The van der Waals surface area contributed by atoms with Crippen molar-refractivity contribution in [3.05, 3.63) is 70.3 Å². The number of aromatic nitrogens is 2. The lowest BCUT2D eigenvalue weighted by atomic mass is 10.0. The molecule has 0 fully saturated rings. The zero-order valence-corrected chi connectivity index (χ0v) is 17.8. The number of ether oxygens (including phenoxy) is 1. The van der Waals surface area contributed by atoms with Gasteiger partial charge in [-0.2, -0.15) is 4.98 Å². The molecule has 3 aromatic rings. The maximum Gasteiger partial charge on any atom is 0.307 e. The lowest BCUT2D eigenvalue weighted by Gasteiger charge is -2.18. The van der Waals surface area contributed by atoms with Crippen LogP contribution in [0.3, 0.4) is 0 Å². The minimum atomic E-state index is -0.564. The van der Waals surface area contributed by atoms with E-state index in [2.05, 4.69) is 15.5 Å². The largest absolute Gasteiger partial charge is 0.469 e. The molecule has 1 N–H and O–H groups in total. The summed E-state index contributed by atoms with van der Waals surface area (Å²) in [5, 5.41) is 7.21. The lowest BCUT2D eigenvalue weighted by Crippen LogP contribution is -2.30. The van der Waals surface area contributed by atoms with Crippen molar-refractivity contribution in [1.29, 1.82) is 0 Å². The third-order valence-corrected chi connectivity index (χ3v) is 4.92. The van der Waals surface area contributed by atoms with Crippen LogP contribution in [0.15, 0.2) is 47.0 Å². The van der Waals surface area contributed by atoms with Gasteiger partial charge in [-0.15, -0.1) is 0 Å². The molecule has 1 atom stereocenters. The number of benzene rings is 2. The molecule has 9 heteroatoms. The van der Waals surface area contributed by atoms with Crippen molar-refractivity contribution >= 4 is 23.5 Å². The molecule has 0 radical (unpaired) electrons. The number of amides is 1. The van der Waals surface area contributed by atoms with Crippen LogP contribution in [0.1, 0.15) is 35.9 Å². The highest BCUT2D eigenvalue weighted by Gasteiger charge is 2.20. The number of carbonyl (C=O) groups is 2. The quantitative estimate of drug-likeness (QED) is 0.522. The molecule has 0 aliphatic rings. The number of nitrogens with zero attached hydrogens (tertiary/aromatic N) is 2. The summed E-state index contributed by atoms with van der Waals surface area (Å²) >= 11 is 5.91. The van der Waals surface area contributed by atoms with Crippen molar-refractivity contribution < 1.29 is 23.2 Å². The minimum Gasteiger partial charge on any atom is -0.469 e. The van der Waals surface area contributed by atoms with Crippen molar-refractivity contribution in [3.8, 4) is 11.4 Å². The second kappa shape index (κ2) is 10.2. The maximum absolute atomic E-state index is 13.7. The SMILES string of the molecule is COC(=O)CC(NC(=O)CCc1nc(-c2ccc(C)c(F)c2)no1)c1ccc(Cl)cc1. The van der Waals surface area contributed by atoms with Gasteiger partial charge in [0.1, 0.15) is 5.82 Å². The summed E-state index contributed by atoms with van der Waals surface area (Å²) in [6, 6.07) is 10.9. The Labute approximate surface area is 183 Å². The Kier molecular flexibility index (Phi) is 7.36. The topological polar surface area (TPSA) is 94.3 Å². The molecule has 0 bridgehead atoms. The van der Waals surface area contributed by atoms with E-state index in [0.29, 0.717) is 16.1 Å². The van der Waals surface area contributed by atoms with Crippen LogP contribution in [0.5, 0.6) is 0 Å². The molecule has 0 saturated carbocycles. The normalized spacial score (nSPS) is 11.7. The van der Waals surface area contributed by atoms with Crippen molar-refractivity contribution in [3.63, 3.8) is 0 Å². The van der Waals surface area contributed by atoms with E-state index in [-0.39, 0.29) is 42.7 Å². The molecular weight excluding hydrogens is 425 g/mol. The van der Waals surface area contributed by atoms with Crippen molar-refractivity contribution in [1.82, 2.24) is 15.5 Å². The first-order chi connectivity index (χ1) is 14.9. The van der Waals surface area contributed by atoms with Gasteiger partial charge in [-0.25, -0.2) is 4.39 Å². The summed E-state index contributed by atoms with van der Waals surface area (Å²) in [5.41, 5.74) is 1.74. The Balaban J connectivity index is 1.62. The number of hydrogen-bond acceptors (Lipinski definition) is 6. The maximum atomic E-state index is 13.7. The van der Waals surface area contributed by atoms with E-state index in [0.717, 1.165) is 5.56 Å². The van der Waals surface area contributed by atoms with Gasteiger partial charge < -0.3 is 14.6 Å².